The fourth-order valence-corrected chi connectivity index (χ4v) is 11.1. The highest BCUT2D eigenvalue weighted by Crippen LogP contribution is 2.34. The molecule has 332 valence electrons. The number of hydrogen-bond donors (Lipinski definition) is 10. The summed E-state index contributed by atoms with van der Waals surface area (Å²) in [7, 11) is 0. The highest BCUT2D eigenvalue weighted by molar-refractivity contribution is 8.00. The number of nitrogens with one attached hydrogen (secondary N) is 9. The van der Waals surface area contributed by atoms with Crippen LogP contribution in [0.15, 0.2) is 18.2 Å². The minimum absolute atomic E-state index is 0.0238. The molecule has 6 atom stereocenters. The number of amides is 9. The third-order valence-electron chi connectivity index (χ3n) is 11.2. The lowest BCUT2D eigenvalue weighted by Gasteiger charge is -2.16. The van der Waals surface area contributed by atoms with Crippen LogP contribution in [0.1, 0.15) is 113 Å². The molecule has 4 fully saturated rings. The maximum Gasteiger partial charge on any atom is 0.315 e. The van der Waals surface area contributed by atoms with Crippen molar-refractivity contribution in [2.45, 2.75) is 137 Å². The highest BCUT2D eigenvalue weighted by atomic mass is 32.2. The van der Waals surface area contributed by atoms with Gasteiger partial charge in [-0.25, -0.2) is 9.59 Å². The van der Waals surface area contributed by atoms with Gasteiger partial charge in [0.05, 0.1) is 24.2 Å². The van der Waals surface area contributed by atoms with Crippen molar-refractivity contribution in [2.75, 3.05) is 48.3 Å². The summed E-state index contributed by atoms with van der Waals surface area (Å²) < 4.78 is 0. The van der Waals surface area contributed by atoms with Gasteiger partial charge in [-0.2, -0.15) is 23.5 Å². The zero-order chi connectivity index (χ0) is 42.7. The second-order valence-electron chi connectivity index (χ2n) is 16.0. The van der Waals surface area contributed by atoms with E-state index in [1.54, 1.807) is 18.2 Å². The Bertz CT molecular complexity index is 1550. The molecule has 19 heteroatoms. The number of nitrogens with two attached hydrogens (primary N) is 1. The summed E-state index contributed by atoms with van der Waals surface area (Å²) in [5.74, 6) is 1.09. The summed E-state index contributed by atoms with van der Waals surface area (Å²) in [4.78, 5) is 86.2. The SMILES string of the molecule is NCCNC(=O)c1cc(NC(=O)CCCCCNC(=O)CCCC[C@@H]2SC[C@@H]3NC(=O)N[C@@H]32)cc(NC(=O)CCCCCNC(=O)CCCC[C@@H]2SC[C@@H]3NC(=O)N[C@@H]32)c1. The lowest BCUT2D eigenvalue weighted by molar-refractivity contribution is -0.122. The Labute approximate surface area is 361 Å². The van der Waals surface area contributed by atoms with Crippen LogP contribution in [0.3, 0.4) is 0 Å². The van der Waals surface area contributed by atoms with Crippen molar-refractivity contribution in [2.24, 2.45) is 5.73 Å². The maximum atomic E-state index is 12.8. The first-order valence-corrected chi connectivity index (χ1v) is 23.8. The van der Waals surface area contributed by atoms with E-state index >= 15 is 0 Å². The van der Waals surface area contributed by atoms with E-state index in [4.69, 9.17) is 5.73 Å². The molecule has 0 spiro atoms. The molecule has 1 aromatic rings. The Balaban J connectivity index is 0.907. The molecule has 0 unspecified atom stereocenters. The first-order chi connectivity index (χ1) is 29.1. The van der Waals surface area contributed by atoms with Crippen molar-refractivity contribution in [1.29, 1.82) is 0 Å². The van der Waals surface area contributed by atoms with Crippen molar-refractivity contribution in [1.82, 2.24) is 37.2 Å². The quantitative estimate of drug-likeness (QED) is 0.0457. The number of carbonyl (C=O) groups excluding carboxylic acids is 7. The minimum Gasteiger partial charge on any atom is -0.356 e. The Hall–Kier alpha value is -4.23. The molecule has 0 aliphatic carbocycles. The molecule has 60 heavy (non-hydrogen) atoms. The Morgan fingerprint density at radius 1 is 0.550 bits per heavy atom. The van der Waals surface area contributed by atoms with Crippen LogP contribution >= 0.6 is 23.5 Å². The zero-order valence-corrected chi connectivity index (χ0v) is 36.1. The molecule has 0 saturated carbocycles. The van der Waals surface area contributed by atoms with Crippen LogP contribution < -0.4 is 53.6 Å². The van der Waals surface area contributed by atoms with Gasteiger partial charge in [0.1, 0.15) is 0 Å². The predicted octanol–water partition coefficient (Wildman–Crippen LogP) is 3.06. The first kappa shape index (κ1) is 46.8. The van der Waals surface area contributed by atoms with Crippen LogP contribution in [0, 0.1) is 0 Å². The molecule has 4 aliphatic heterocycles. The summed E-state index contributed by atoms with van der Waals surface area (Å²) in [5, 5.41) is 27.0. The highest BCUT2D eigenvalue weighted by Gasteiger charge is 2.43. The van der Waals surface area contributed by atoms with Crippen LogP contribution in [-0.4, -0.2) is 114 Å². The van der Waals surface area contributed by atoms with E-state index in [1.807, 2.05) is 23.5 Å². The van der Waals surface area contributed by atoms with Gasteiger partial charge in [0.25, 0.3) is 5.91 Å². The van der Waals surface area contributed by atoms with Gasteiger partial charge in [-0.1, -0.05) is 25.7 Å². The Morgan fingerprint density at radius 2 is 1.00 bits per heavy atom. The van der Waals surface area contributed by atoms with Gasteiger partial charge in [-0.05, 0) is 69.6 Å². The number of unbranched alkanes of at least 4 members (excludes halogenated alkanes) is 6. The smallest absolute Gasteiger partial charge is 0.315 e. The van der Waals surface area contributed by atoms with Gasteiger partial charge in [0, 0.05) is 90.8 Å². The molecule has 0 bridgehead atoms. The Morgan fingerprint density at radius 3 is 1.47 bits per heavy atom. The number of fused-ring (bicyclic) bond motifs is 2. The number of hydrogen-bond acceptors (Lipinski definition) is 10. The van der Waals surface area contributed by atoms with Crippen LogP contribution in [-0.2, 0) is 19.2 Å². The average Bonchev–Trinajstić information content (AvgIpc) is 3.98. The van der Waals surface area contributed by atoms with Crippen LogP contribution in [0.25, 0.3) is 0 Å². The normalized spacial score (nSPS) is 22.4. The molecule has 5 rings (SSSR count). The van der Waals surface area contributed by atoms with Gasteiger partial charge in [0.2, 0.25) is 23.6 Å². The predicted molar refractivity (Wildman–Crippen MR) is 236 cm³/mol. The molecule has 0 aromatic heterocycles. The lowest BCUT2D eigenvalue weighted by Crippen LogP contribution is -2.36. The van der Waals surface area contributed by atoms with E-state index in [2.05, 4.69) is 47.9 Å². The van der Waals surface area contributed by atoms with Crippen LogP contribution in [0.5, 0.6) is 0 Å². The van der Waals surface area contributed by atoms with E-state index in [-0.39, 0.29) is 97.3 Å². The Kier molecular flexibility index (Phi) is 19.4. The van der Waals surface area contributed by atoms with Gasteiger partial charge in [-0.15, -0.1) is 0 Å². The molecule has 9 amide bonds. The number of rotatable bonds is 27. The topological polar surface area (TPSA) is 254 Å². The number of urea groups is 2. The van der Waals surface area contributed by atoms with Crippen molar-refractivity contribution in [3.8, 4) is 0 Å². The lowest BCUT2D eigenvalue weighted by atomic mass is 10.0. The van der Waals surface area contributed by atoms with Crippen molar-refractivity contribution >= 4 is 76.5 Å². The molecular weight excluding hydrogens is 809 g/mol. The van der Waals surface area contributed by atoms with Gasteiger partial charge in [-0.3, -0.25) is 24.0 Å². The van der Waals surface area contributed by atoms with Crippen molar-refractivity contribution in [3.05, 3.63) is 23.8 Å². The van der Waals surface area contributed by atoms with E-state index in [1.165, 1.54) is 0 Å². The third-order valence-corrected chi connectivity index (χ3v) is 14.2. The van der Waals surface area contributed by atoms with E-state index in [9.17, 15) is 33.6 Å². The molecule has 4 heterocycles. The van der Waals surface area contributed by atoms with Crippen molar-refractivity contribution < 1.29 is 33.6 Å². The second-order valence-corrected chi connectivity index (χ2v) is 18.5. The molecule has 1 aromatic carbocycles. The molecule has 4 saturated heterocycles. The summed E-state index contributed by atoms with van der Waals surface area (Å²) in [6.45, 7) is 1.63. The fourth-order valence-electron chi connectivity index (χ4n) is 7.99. The van der Waals surface area contributed by atoms with E-state index in [0.717, 1.165) is 75.7 Å². The molecule has 11 N–H and O–H groups in total. The van der Waals surface area contributed by atoms with Gasteiger partial charge in [0.15, 0.2) is 0 Å². The third kappa shape index (κ3) is 15.7. The average molecular weight is 873 g/mol. The summed E-state index contributed by atoms with van der Waals surface area (Å²) in [5.41, 5.74) is 6.61. The standard InChI is InChI=1S/C41H64N10O7S2/c42-17-20-45-39(56)26-21-27(46-35(54)15-3-1-9-18-43-33(52)13-7-5-11-31-37-29(24-59-31)48-40(57)50-37)23-28(22-26)47-36(55)16-4-2-10-19-44-34(53)14-8-6-12-32-38-30(25-60-32)49-41(58)51-38/h21-23,29-32,37-38H,1-20,24-25,42H2,(H,43,52)(H,44,53)(H,45,56)(H,46,54)(H,47,55)(H2,48,50,57)(H2,49,51,58)/t29-,30-,31-,32-,37-,38-/m0/s1. The largest absolute Gasteiger partial charge is 0.356 e. The molecule has 4 aliphatic rings. The summed E-state index contributed by atoms with van der Waals surface area (Å²) in [6, 6.07) is 5.37. The number of anilines is 2. The minimum atomic E-state index is -0.374. The molecular formula is C41H64N10O7S2. The number of benzene rings is 1. The van der Waals surface area contributed by atoms with Gasteiger partial charge < -0.3 is 53.6 Å². The van der Waals surface area contributed by atoms with Crippen LogP contribution in [0.4, 0.5) is 21.0 Å². The van der Waals surface area contributed by atoms with E-state index in [0.29, 0.717) is 60.6 Å². The monoisotopic (exact) mass is 872 g/mol. The number of carbonyl (C=O) groups is 7. The molecule has 0 radical (unpaired) electrons. The maximum absolute atomic E-state index is 12.8. The summed E-state index contributed by atoms with van der Waals surface area (Å²) >= 11 is 3.76. The molecule has 17 nitrogen and oxygen atoms in total. The number of thioether (sulfide) groups is 2. The van der Waals surface area contributed by atoms with Crippen molar-refractivity contribution in [3.63, 3.8) is 0 Å². The van der Waals surface area contributed by atoms with Gasteiger partial charge >= 0.3 is 12.1 Å². The first-order valence-electron chi connectivity index (χ1n) is 21.7. The fraction of sp³-hybridized carbons (Fsp3) is 0.683. The van der Waals surface area contributed by atoms with Crippen LogP contribution in [0.2, 0.25) is 0 Å². The summed E-state index contributed by atoms with van der Waals surface area (Å²) in [6.07, 6.45) is 11.1. The zero-order valence-electron chi connectivity index (χ0n) is 34.5. The van der Waals surface area contributed by atoms with E-state index < -0.39 is 0 Å². The second kappa shape index (κ2) is 24.9.